The molecular formula is C20H42N6NiO4. The zero-order valence-electron chi connectivity index (χ0n) is 18.9. The summed E-state index contributed by atoms with van der Waals surface area (Å²) in [5, 5.41) is 31.4. The molecule has 1 aliphatic heterocycles. The second-order valence-corrected chi connectivity index (χ2v) is 8.78. The molecule has 0 aromatic rings. The van der Waals surface area contributed by atoms with Gasteiger partial charge in [-0.15, -0.1) is 9.81 Å². The van der Waals surface area contributed by atoms with E-state index in [0.29, 0.717) is 36.3 Å². The van der Waals surface area contributed by atoms with Gasteiger partial charge in [0, 0.05) is 52.7 Å². The molecule has 3 rings (SSSR count). The molecule has 2 saturated carbocycles. The van der Waals surface area contributed by atoms with Gasteiger partial charge in [0.1, 0.15) is 0 Å². The van der Waals surface area contributed by atoms with Crippen LogP contribution in [0.15, 0.2) is 10.7 Å². The van der Waals surface area contributed by atoms with Crippen LogP contribution in [0.1, 0.15) is 78.1 Å². The van der Waals surface area contributed by atoms with Crippen molar-refractivity contribution < 1.29 is 26.9 Å². The number of rotatable bonds is 0. The van der Waals surface area contributed by atoms with Gasteiger partial charge in [0.15, 0.2) is 10.7 Å². The fourth-order valence-electron chi connectivity index (χ4n) is 5.02. The van der Waals surface area contributed by atoms with Crippen LogP contribution in [0, 0.1) is 9.81 Å². The first-order valence-corrected chi connectivity index (χ1v) is 11.5. The molecular weight excluding hydrogens is 447 g/mol. The van der Waals surface area contributed by atoms with Crippen LogP contribution in [0.3, 0.4) is 0 Å². The third kappa shape index (κ3) is 12.7. The first-order valence-electron chi connectivity index (χ1n) is 11.5. The average Bonchev–Trinajstić information content (AvgIpc) is 2.71. The molecule has 31 heavy (non-hydrogen) atoms. The molecule has 3 aliphatic rings. The Morgan fingerprint density at radius 3 is 1.23 bits per heavy atom. The Morgan fingerprint density at radius 2 is 0.903 bits per heavy atom. The molecule has 0 aromatic heterocycles. The van der Waals surface area contributed by atoms with E-state index in [1.807, 2.05) is 0 Å². The van der Waals surface area contributed by atoms with Crippen LogP contribution in [-0.4, -0.2) is 59.8 Å². The zero-order chi connectivity index (χ0) is 22.2. The predicted octanol–water partition coefficient (Wildman–Crippen LogP) is 2.82. The minimum atomic E-state index is 0. The smallest absolute Gasteiger partial charge is 0.152 e. The van der Waals surface area contributed by atoms with Crippen LogP contribution in [0.4, 0.5) is 0 Å². The van der Waals surface area contributed by atoms with Crippen molar-refractivity contribution in [2.75, 3.05) is 13.1 Å². The Hall–Kier alpha value is -0.866. The maximum Gasteiger partial charge on any atom is 0.152 e. The Kier molecular flexibility index (Phi) is 18.2. The maximum atomic E-state index is 8.11. The van der Waals surface area contributed by atoms with Crippen LogP contribution in [0.2, 0.25) is 0 Å². The van der Waals surface area contributed by atoms with Gasteiger partial charge in [-0.2, -0.15) is 0 Å². The first-order chi connectivity index (χ1) is 14.5. The summed E-state index contributed by atoms with van der Waals surface area (Å²) < 4.78 is 0. The second-order valence-electron chi connectivity index (χ2n) is 8.78. The summed E-state index contributed by atoms with van der Waals surface area (Å²) in [6.45, 7) is 7.04. The van der Waals surface area contributed by atoms with Gasteiger partial charge in [0.05, 0.1) is 0 Å². The van der Waals surface area contributed by atoms with Crippen molar-refractivity contribution >= 4 is 0 Å². The Balaban J connectivity index is 0.00000116. The topological polar surface area (TPSA) is 147 Å². The fraction of sp³-hybridized carbons (Fsp3) is 1.00. The number of hydrogen-bond donors (Lipinski definition) is 6. The van der Waals surface area contributed by atoms with E-state index >= 15 is 0 Å². The Labute approximate surface area is 196 Å². The Bertz CT molecular complexity index is 425. The van der Waals surface area contributed by atoms with Gasteiger partial charge in [-0.25, -0.2) is 0 Å². The number of nitrogens with one attached hydrogen (secondary N) is 4. The van der Waals surface area contributed by atoms with Crippen molar-refractivity contribution in [3.05, 3.63) is 9.81 Å². The van der Waals surface area contributed by atoms with Crippen molar-refractivity contribution in [1.82, 2.24) is 21.3 Å². The molecule has 6 unspecified atom stereocenters. The Morgan fingerprint density at radius 1 is 0.613 bits per heavy atom. The first kappa shape index (κ1) is 30.1. The molecule has 2 aliphatic carbocycles. The number of hydrogen-bond acceptors (Lipinski definition) is 8. The van der Waals surface area contributed by atoms with Crippen molar-refractivity contribution in [3.8, 4) is 0 Å². The van der Waals surface area contributed by atoms with Gasteiger partial charge in [-0.1, -0.05) is 25.7 Å². The van der Waals surface area contributed by atoms with Gasteiger partial charge in [-0.05, 0) is 65.5 Å². The molecule has 1 heterocycles. The SMILES string of the molecule is CC1CCNC2CCCCC2NC(C)CCNC2CCCCC2N1.O=NO.O=NO.[Ni]. The number of fused-ring (bicyclic) bond motifs is 2. The maximum absolute atomic E-state index is 8.11. The molecule has 0 aromatic carbocycles. The van der Waals surface area contributed by atoms with Crippen molar-refractivity contribution in [1.29, 1.82) is 0 Å². The third-order valence-corrected chi connectivity index (χ3v) is 6.50. The molecule has 3 fully saturated rings. The quantitative estimate of drug-likeness (QED) is 0.173. The van der Waals surface area contributed by atoms with Gasteiger partial charge in [-0.3, -0.25) is 0 Å². The predicted molar refractivity (Wildman–Crippen MR) is 118 cm³/mol. The second kappa shape index (κ2) is 18.7. The molecule has 0 radical (unpaired) electrons. The monoisotopic (exact) mass is 488 g/mol. The molecule has 186 valence electrons. The third-order valence-electron chi connectivity index (χ3n) is 6.50. The fourth-order valence-corrected chi connectivity index (χ4v) is 5.02. The molecule has 1 saturated heterocycles. The van der Waals surface area contributed by atoms with E-state index in [1.165, 1.54) is 74.9 Å². The molecule has 10 nitrogen and oxygen atoms in total. The van der Waals surface area contributed by atoms with Gasteiger partial charge >= 0.3 is 0 Å². The van der Waals surface area contributed by atoms with Crippen LogP contribution in [0.5, 0.6) is 0 Å². The summed E-state index contributed by atoms with van der Waals surface area (Å²) in [4.78, 5) is 16.2. The van der Waals surface area contributed by atoms with Crippen molar-refractivity contribution in [2.45, 2.75) is 114 Å². The summed E-state index contributed by atoms with van der Waals surface area (Å²) in [5.74, 6) is 0. The van der Waals surface area contributed by atoms with Gasteiger partial charge in [0.25, 0.3) is 0 Å². The minimum absolute atomic E-state index is 0. The average molecular weight is 489 g/mol. The summed E-state index contributed by atoms with van der Waals surface area (Å²) >= 11 is 0. The molecule has 11 heteroatoms. The van der Waals surface area contributed by atoms with Crippen molar-refractivity contribution in [2.24, 2.45) is 10.7 Å². The van der Waals surface area contributed by atoms with E-state index in [2.05, 4.69) is 35.1 Å². The minimum Gasteiger partial charge on any atom is -0.379 e. The summed E-state index contributed by atoms with van der Waals surface area (Å²) in [5.41, 5.74) is 0. The van der Waals surface area contributed by atoms with Crippen LogP contribution in [0.25, 0.3) is 0 Å². The van der Waals surface area contributed by atoms with Crippen LogP contribution >= 0.6 is 0 Å². The molecule has 0 spiro atoms. The normalized spacial score (nSPS) is 34.3. The standard InChI is InChI=1S/C20H40N4.2HNO2.Ni/c1-15-11-13-21-18-8-4-6-10-20(18)24-16(2)12-14-22-17-7-3-5-9-19(17)23-15;2*2-1-3;/h15-24H,3-14H2,1-2H3;2*(H,2,3);. The van der Waals surface area contributed by atoms with E-state index in [0.717, 1.165) is 13.1 Å². The van der Waals surface area contributed by atoms with E-state index in [4.69, 9.17) is 20.2 Å². The molecule has 6 N–H and O–H groups in total. The molecule has 0 bridgehead atoms. The number of nitrogens with zero attached hydrogens (tertiary/aromatic N) is 2. The van der Waals surface area contributed by atoms with E-state index in [1.54, 1.807) is 0 Å². The molecule has 6 atom stereocenters. The van der Waals surface area contributed by atoms with E-state index in [9.17, 15) is 0 Å². The zero-order valence-corrected chi connectivity index (χ0v) is 19.9. The van der Waals surface area contributed by atoms with E-state index in [-0.39, 0.29) is 16.5 Å². The largest absolute Gasteiger partial charge is 0.379 e. The summed E-state index contributed by atoms with van der Waals surface area (Å²) in [6, 6.07) is 3.91. The van der Waals surface area contributed by atoms with Crippen LogP contribution in [-0.2, 0) is 16.5 Å². The molecule has 0 amide bonds. The van der Waals surface area contributed by atoms with Gasteiger partial charge in [0.2, 0.25) is 0 Å². The summed E-state index contributed by atoms with van der Waals surface area (Å²) in [6.07, 6.45) is 13.4. The summed E-state index contributed by atoms with van der Waals surface area (Å²) in [7, 11) is 0. The van der Waals surface area contributed by atoms with Gasteiger partial charge < -0.3 is 31.7 Å². The van der Waals surface area contributed by atoms with Crippen LogP contribution < -0.4 is 21.3 Å². The van der Waals surface area contributed by atoms with E-state index < -0.39 is 0 Å². The van der Waals surface area contributed by atoms with Crippen molar-refractivity contribution in [3.63, 3.8) is 0 Å².